The molecule has 0 spiro atoms. The number of benzene rings is 1. The Kier molecular flexibility index (Phi) is 2.06. The number of rotatable bonds is 0. The highest BCUT2D eigenvalue weighted by molar-refractivity contribution is 5.82. The molecule has 0 saturated carbocycles. The van der Waals surface area contributed by atoms with Crippen LogP contribution in [0.25, 0.3) is 0 Å². The molecule has 1 saturated heterocycles. The third-order valence-electron chi connectivity index (χ3n) is 4.36. The number of carbonyl (C=O) groups is 1. The van der Waals surface area contributed by atoms with E-state index in [9.17, 15) is 4.79 Å². The summed E-state index contributed by atoms with van der Waals surface area (Å²) in [4.78, 5) is 14.2. The first kappa shape index (κ1) is 9.88. The first-order valence-corrected chi connectivity index (χ1v) is 6.05. The van der Waals surface area contributed by atoms with Crippen LogP contribution >= 0.6 is 0 Å². The molecule has 0 aliphatic carbocycles. The summed E-state index contributed by atoms with van der Waals surface area (Å²) in [6.45, 7) is 5.09. The highest BCUT2D eigenvalue weighted by atomic mass is 16.2. The number of carbonyl (C=O) groups excluding carboxylic acids is 1. The minimum atomic E-state index is 0.194. The van der Waals surface area contributed by atoms with Gasteiger partial charge in [0.25, 0.3) is 0 Å². The number of hydrogen-bond donors (Lipinski definition) is 0. The van der Waals surface area contributed by atoms with Gasteiger partial charge >= 0.3 is 0 Å². The van der Waals surface area contributed by atoms with Gasteiger partial charge in [-0.3, -0.25) is 4.79 Å². The van der Waals surface area contributed by atoms with Crippen molar-refractivity contribution in [1.82, 2.24) is 4.90 Å². The minimum absolute atomic E-state index is 0.194. The number of amides is 1. The summed E-state index contributed by atoms with van der Waals surface area (Å²) >= 11 is 0. The summed E-state index contributed by atoms with van der Waals surface area (Å²) in [6.07, 6.45) is 1.04. The summed E-state index contributed by atoms with van der Waals surface area (Å²) in [5.74, 6) is 1.02. The van der Waals surface area contributed by atoms with E-state index < -0.39 is 0 Å². The number of nitrogens with zero attached hydrogens (tertiary/aromatic N) is 1. The van der Waals surface area contributed by atoms with E-state index in [1.54, 1.807) is 0 Å². The Labute approximate surface area is 96.3 Å². The smallest absolute Gasteiger partial charge is 0.226 e. The molecule has 3 rings (SSSR count). The molecule has 1 amide bonds. The Morgan fingerprint density at radius 3 is 2.62 bits per heavy atom. The van der Waals surface area contributed by atoms with Gasteiger partial charge in [-0.25, -0.2) is 0 Å². The molecule has 1 aromatic rings. The Morgan fingerprint density at radius 2 is 1.88 bits per heavy atom. The van der Waals surface area contributed by atoms with E-state index in [1.807, 2.05) is 0 Å². The molecule has 0 radical (unpaired) electrons. The Balaban J connectivity index is 1.99. The van der Waals surface area contributed by atoms with Gasteiger partial charge in [0.1, 0.15) is 0 Å². The molecule has 2 aliphatic rings. The quantitative estimate of drug-likeness (QED) is 0.650. The van der Waals surface area contributed by atoms with Crippen LogP contribution in [0.4, 0.5) is 0 Å². The second kappa shape index (κ2) is 3.34. The second-order valence-corrected chi connectivity index (χ2v) is 5.15. The number of hydrogen-bond acceptors (Lipinski definition) is 1. The van der Waals surface area contributed by atoms with Crippen molar-refractivity contribution in [3.63, 3.8) is 0 Å². The molecule has 0 bridgehead atoms. The highest BCUT2D eigenvalue weighted by Gasteiger charge is 2.44. The van der Waals surface area contributed by atoms with Crippen LogP contribution in [0.1, 0.15) is 25.0 Å². The third kappa shape index (κ3) is 1.22. The van der Waals surface area contributed by atoms with Crippen LogP contribution in [0, 0.1) is 11.8 Å². The van der Waals surface area contributed by atoms with Crippen molar-refractivity contribution >= 4 is 5.91 Å². The average Bonchev–Trinajstić information content (AvgIpc) is 2.52. The zero-order chi connectivity index (χ0) is 11.3. The van der Waals surface area contributed by atoms with E-state index in [0.29, 0.717) is 17.9 Å². The van der Waals surface area contributed by atoms with Crippen LogP contribution in [0.3, 0.4) is 0 Å². The zero-order valence-corrected chi connectivity index (χ0v) is 9.81. The first-order chi connectivity index (χ1) is 7.68. The Bertz CT molecular complexity index is 440. The molecule has 3 atom stereocenters. The van der Waals surface area contributed by atoms with Crippen molar-refractivity contribution < 1.29 is 4.79 Å². The molecule has 0 N–H and O–H groups in total. The molecule has 2 nitrogen and oxygen atoms in total. The predicted molar refractivity (Wildman–Crippen MR) is 62.8 cm³/mol. The zero-order valence-electron chi connectivity index (χ0n) is 9.81. The molecule has 16 heavy (non-hydrogen) atoms. The van der Waals surface area contributed by atoms with Gasteiger partial charge in [0.05, 0.1) is 0 Å². The third-order valence-corrected chi connectivity index (χ3v) is 4.36. The lowest BCUT2D eigenvalue weighted by atomic mass is 9.87. The Morgan fingerprint density at radius 1 is 1.19 bits per heavy atom. The SMILES string of the molecule is CC1C(=O)N2Cc3ccccc3CC2C1C. The van der Waals surface area contributed by atoms with Gasteiger partial charge in [0.15, 0.2) is 0 Å². The molecule has 1 aromatic carbocycles. The fourth-order valence-electron chi connectivity index (χ4n) is 3.08. The van der Waals surface area contributed by atoms with Gasteiger partial charge in [0, 0.05) is 18.5 Å². The van der Waals surface area contributed by atoms with E-state index >= 15 is 0 Å². The van der Waals surface area contributed by atoms with Crippen LogP contribution in [0.5, 0.6) is 0 Å². The topological polar surface area (TPSA) is 20.3 Å². The van der Waals surface area contributed by atoms with Gasteiger partial charge in [0.2, 0.25) is 5.91 Å². The molecule has 84 valence electrons. The lowest BCUT2D eigenvalue weighted by Gasteiger charge is -2.33. The second-order valence-electron chi connectivity index (χ2n) is 5.15. The standard InChI is InChI=1S/C14H17NO/c1-9-10(2)14(16)15-8-12-6-4-3-5-11(12)7-13(9)15/h3-6,9-10,13H,7-8H2,1-2H3. The summed E-state index contributed by atoms with van der Waals surface area (Å²) in [6, 6.07) is 8.93. The lowest BCUT2D eigenvalue weighted by molar-refractivity contribution is -0.132. The summed E-state index contributed by atoms with van der Waals surface area (Å²) in [7, 11) is 0. The van der Waals surface area contributed by atoms with Crippen molar-refractivity contribution in [2.75, 3.05) is 0 Å². The largest absolute Gasteiger partial charge is 0.335 e. The minimum Gasteiger partial charge on any atom is -0.335 e. The van der Waals surface area contributed by atoms with Crippen molar-refractivity contribution in [3.05, 3.63) is 35.4 Å². The van der Waals surface area contributed by atoms with Gasteiger partial charge in [-0.05, 0) is 23.5 Å². The molecule has 2 heteroatoms. The van der Waals surface area contributed by atoms with Crippen LogP contribution < -0.4 is 0 Å². The Hall–Kier alpha value is -1.31. The molecule has 3 unspecified atom stereocenters. The maximum atomic E-state index is 12.1. The maximum Gasteiger partial charge on any atom is 0.226 e. The number of fused-ring (bicyclic) bond motifs is 2. The molecule has 1 fully saturated rings. The lowest BCUT2D eigenvalue weighted by Crippen LogP contribution is -2.39. The molecule has 2 heterocycles. The van der Waals surface area contributed by atoms with Gasteiger partial charge in [-0.2, -0.15) is 0 Å². The van der Waals surface area contributed by atoms with Crippen molar-refractivity contribution in [3.8, 4) is 0 Å². The average molecular weight is 215 g/mol. The summed E-state index contributed by atoms with van der Waals surface area (Å²) in [5, 5.41) is 0. The normalized spacial score (nSPS) is 32.5. The first-order valence-electron chi connectivity index (χ1n) is 6.05. The molecule has 2 aliphatic heterocycles. The van der Waals surface area contributed by atoms with E-state index in [2.05, 4.69) is 43.0 Å². The van der Waals surface area contributed by atoms with Crippen molar-refractivity contribution in [2.24, 2.45) is 11.8 Å². The van der Waals surface area contributed by atoms with Crippen LogP contribution in [-0.2, 0) is 17.8 Å². The van der Waals surface area contributed by atoms with Crippen molar-refractivity contribution in [2.45, 2.75) is 32.9 Å². The maximum absolute atomic E-state index is 12.1. The van der Waals surface area contributed by atoms with E-state index in [-0.39, 0.29) is 5.92 Å². The fourth-order valence-corrected chi connectivity index (χ4v) is 3.08. The monoisotopic (exact) mass is 215 g/mol. The summed E-state index contributed by atoms with van der Waals surface area (Å²) < 4.78 is 0. The van der Waals surface area contributed by atoms with Crippen molar-refractivity contribution in [1.29, 1.82) is 0 Å². The van der Waals surface area contributed by atoms with E-state index in [4.69, 9.17) is 0 Å². The fraction of sp³-hybridized carbons (Fsp3) is 0.500. The van der Waals surface area contributed by atoms with E-state index in [0.717, 1.165) is 13.0 Å². The summed E-state index contributed by atoms with van der Waals surface area (Å²) in [5.41, 5.74) is 2.76. The highest BCUT2D eigenvalue weighted by Crippen LogP contribution is 2.37. The molecule has 0 aromatic heterocycles. The predicted octanol–water partition coefficient (Wildman–Crippen LogP) is 2.23. The van der Waals surface area contributed by atoms with Crippen LogP contribution in [0.15, 0.2) is 24.3 Å². The van der Waals surface area contributed by atoms with E-state index in [1.165, 1.54) is 11.1 Å². The molecular formula is C14H17NO. The molecular weight excluding hydrogens is 198 g/mol. The van der Waals surface area contributed by atoms with Gasteiger partial charge in [-0.1, -0.05) is 38.1 Å². The van der Waals surface area contributed by atoms with Gasteiger partial charge < -0.3 is 4.90 Å². The van der Waals surface area contributed by atoms with Gasteiger partial charge in [-0.15, -0.1) is 0 Å². The van der Waals surface area contributed by atoms with Crippen LogP contribution in [0.2, 0.25) is 0 Å². The van der Waals surface area contributed by atoms with Crippen LogP contribution in [-0.4, -0.2) is 16.8 Å².